The van der Waals surface area contributed by atoms with Crippen LogP contribution in [0.4, 0.5) is 0 Å². The van der Waals surface area contributed by atoms with Crippen LogP contribution in [0.25, 0.3) is 0 Å². The van der Waals surface area contributed by atoms with Gasteiger partial charge in [0.25, 0.3) is 0 Å². The number of carbonyl (C=O) groups is 2. The van der Waals surface area contributed by atoms with E-state index >= 15 is 0 Å². The predicted molar refractivity (Wildman–Crippen MR) is 98.6 cm³/mol. The van der Waals surface area contributed by atoms with Gasteiger partial charge in [0.15, 0.2) is 0 Å². The average Bonchev–Trinajstić information content (AvgIpc) is 3.06. The number of carboxylic acids is 1. The fraction of sp³-hybridized carbons (Fsp3) is 0.474. The Morgan fingerprint density at radius 1 is 1.31 bits per heavy atom. The average molecular weight is 379 g/mol. The lowest BCUT2D eigenvalue weighted by atomic mass is 10.0. The standard InChI is InChI=1S/C19H23ClN2O4/c20-14-11-13-6-7-17(14)26-10-3-1-2-8-22-9-4-5-16(22)18(23)21-15(12-13)19(24)25/h1,3,6-7,11,15-16H,2,4-5,8-10,12H2,(H,21,23)(H,24,25)/b3-1-/t15-,16?/m0/s1. The molecule has 1 unspecified atom stereocenters. The fourth-order valence-electron chi connectivity index (χ4n) is 3.45. The van der Waals surface area contributed by atoms with Crippen LogP contribution in [0.5, 0.6) is 5.75 Å². The molecule has 0 aromatic heterocycles. The van der Waals surface area contributed by atoms with Gasteiger partial charge >= 0.3 is 5.97 Å². The van der Waals surface area contributed by atoms with Gasteiger partial charge in [0.05, 0.1) is 11.1 Å². The third kappa shape index (κ3) is 4.56. The van der Waals surface area contributed by atoms with E-state index in [1.807, 2.05) is 12.2 Å². The molecule has 26 heavy (non-hydrogen) atoms. The lowest BCUT2D eigenvalue weighted by molar-refractivity contribution is -0.142. The van der Waals surface area contributed by atoms with Crippen LogP contribution in [0.1, 0.15) is 24.8 Å². The Kier molecular flexibility index (Phi) is 6.16. The van der Waals surface area contributed by atoms with Crippen LogP contribution in [0, 0.1) is 0 Å². The Morgan fingerprint density at radius 3 is 2.92 bits per heavy atom. The van der Waals surface area contributed by atoms with Gasteiger partial charge in [-0.2, -0.15) is 0 Å². The maximum atomic E-state index is 12.6. The minimum Gasteiger partial charge on any atom is -0.488 e. The highest BCUT2D eigenvalue weighted by Gasteiger charge is 2.32. The molecule has 0 spiro atoms. The van der Waals surface area contributed by atoms with E-state index in [9.17, 15) is 14.7 Å². The Hall–Kier alpha value is -2.05. The normalized spacial score (nSPS) is 26.0. The first-order chi connectivity index (χ1) is 12.5. The summed E-state index contributed by atoms with van der Waals surface area (Å²) in [4.78, 5) is 26.4. The Bertz CT molecular complexity index is 707. The summed E-state index contributed by atoms with van der Waals surface area (Å²) in [5.41, 5.74) is 0.737. The second kappa shape index (κ2) is 8.56. The summed E-state index contributed by atoms with van der Waals surface area (Å²) in [6.45, 7) is 2.04. The summed E-state index contributed by atoms with van der Waals surface area (Å²) in [6.07, 6.45) is 6.66. The van der Waals surface area contributed by atoms with Gasteiger partial charge in [-0.05, 0) is 43.5 Å². The molecule has 4 rings (SSSR count). The van der Waals surface area contributed by atoms with Gasteiger partial charge in [0, 0.05) is 13.0 Å². The molecule has 2 N–H and O–H groups in total. The maximum absolute atomic E-state index is 12.6. The van der Waals surface area contributed by atoms with Crippen molar-refractivity contribution in [1.82, 2.24) is 10.2 Å². The minimum atomic E-state index is -1.05. The van der Waals surface area contributed by atoms with E-state index in [1.165, 1.54) is 0 Å². The molecule has 0 saturated carbocycles. The van der Waals surface area contributed by atoms with E-state index in [2.05, 4.69) is 10.2 Å². The largest absolute Gasteiger partial charge is 0.488 e. The summed E-state index contributed by atoms with van der Waals surface area (Å²) >= 11 is 6.23. The van der Waals surface area contributed by atoms with E-state index in [-0.39, 0.29) is 18.4 Å². The van der Waals surface area contributed by atoms with E-state index < -0.39 is 12.0 Å². The van der Waals surface area contributed by atoms with Crippen LogP contribution < -0.4 is 10.1 Å². The van der Waals surface area contributed by atoms with Crippen molar-refractivity contribution in [3.8, 4) is 5.75 Å². The summed E-state index contributed by atoms with van der Waals surface area (Å²) in [5, 5.41) is 12.7. The third-order valence-electron chi connectivity index (χ3n) is 4.80. The van der Waals surface area contributed by atoms with Crippen LogP contribution in [-0.2, 0) is 16.0 Å². The van der Waals surface area contributed by atoms with Gasteiger partial charge in [-0.3, -0.25) is 9.69 Å². The summed E-state index contributed by atoms with van der Waals surface area (Å²) in [5.74, 6) is -0.705. The lowest BCUT2D eigenvalue weighted by Gasteiger charge is -2.25. The zero-order valence-corrected chi connectivity index (χ0v) is 15.2. The number of rotatable bonds is 1. The highest BCUT2D eigenvalue weighted by molar-refractivity contribution is 6.32. The summed E-state index contributed by atoms with van der Waals surface area (Å²) in [7, 11) is 0. The van der Waals surface area contributed by atoms with Crippen molar-refractivity contribution in [3.63, 3.8) is 0 Å². The first-order valence-electron chi connectivity index (χ1n) is 8.88. The number of benzene rings is 1. The smallest absolute Gasteiger partial charge is 0.326 e. The number of nitrogens with one attached hydrogen (secondary N) is 1. The zero-order chi connectivity index (χ0) is 18.5. The lowest BCUT2D eigenvalue weighted by Crippen LogP contribution is -2.50. The number of carboxylic acid groups (broad SMARTS) is 1. The topological polar surface area (TPSA) is 78.9 Å². The number of amides is 1. The minimum absolute atomic E-state index is 0.174. The Morgan fingerprint density at radius 2 is 2.15 bits per heavy atom. The second-order valence-electron chi connectivity index (χ2n) is 6.63. The molecule has 0 aliphatic carbocycles. The van der Waals surface area contributed by atoms with Gasteiger partial charge in [-0.15, -0.1) is 0 Å². The van der Waals surface area contributed by atoms with Crippen LogP contribution >= 0.6 is 11.6 Å². The third-order valence-corrected chi connectivity index (χ3v) is 5.10. The van der Waals surface area contributed by atoms with Crippen LogP contribution in [-0.4, -0.2) is 53.7 Å². The molecular weight excluding hydrogens is 356 g/mol. The van der Waals surface area contributed by atoms with Crippen LogP contribution in [0.3, 0.4) is 0 Å². The first kappa shape index (κ1) is 18.7. The molecule has 3 aliphatic heterocycles. The van der Waals surface area contributed by atoms with Crippen molar-refractivity contribution in [3.05, 3.63) is 40.9 Å². The van der Waals surface area contributed by atoms with E-state index in [0.717, 1.165) is 37.9 Å². The van der Waals surface area contributed by atoms with E-state index in [1.54, 1.807) is 18.2 Å². The number of carbonyl (C=O) groups excluding carboxylic acids is 1. The molecule has 2 atom stereocenters. The number of halogens is 1. The number of fused-ring (bicyclic) bond motifs is 9. The highest BCUT2D eigenvalue weighted by Crippen LogP contribution is 2.26. The Labute approximate surface area is 157 Å². The fourth-order valence-corrected chi connectivity index (χ4v) is 3.70. The van der Waals surface area contributed by atoms with Crippen molar-refractivity contribution in [2.75, 3.05) is 19.7 Å². The van der Waals surface area contributed by atoms with Crippen LogP contribution in [0.2, 0.25) is 5.02 Å². The van der Waals surface area contributed by atoms with Gasteiger partial charge in [0.2, 0.25) is 5.91 Å². The molecule has 1 saturated heterocycles. The van der Waals surface area contributed by atoms with Gasteiger partial charge < -0.3 is 15.2 Å². The number of hydrogen-bond acceptors (Lipinski definition) is 4. The van der Waals surface area contributed by atoms with Gasteiger partial charge in [0.1, 0.15) is 18.4 Å². The maximum Gasteiger partial charge on any atom is 0.326 e. The predicted octanol–water partition coefficient (Wildman–Crippen LogP) is 2.25. The molecule has 0 radical (unpaired) electrons. The molecule has 2 bridgehead atoms. The number of hydrogen-bond donors (Lipinski definition) is 2. The summed E-state index contributed by atoms with van der Waals surface area (Å²) < 4.78 is 5.65. The van der Waals surface area contributed by atoms with Crippen molar-refractivity contribution in [2.24, 2.45) is 0 Å². The van der Waals surface area contributed by atoms with Crippen molar-refractivity contribution >= 4 is 23.5 Å². The molecule has 1 aromatic rings. The Balaban J connectivity index is 1.84. The van der Waals surface area contributed by atoms with Crippen molar-refractivity contribution in [1.29, 1.82) is 0 Å². The molecule has 1 amide bonds. The molecule has 3 aliphatic rings. The highest BCUT2D eigenvalue weighted by atomic mass is 35.5. The molecule has 7 heteroatoms. The van der Waals surface area contributed by atoms with Gasteiger partial charge in [-0.25, -0.2) is 4.79 Å². The summed E-state index contributed by atoms with van der Waals surface area (Å²) in [6, 6.07) is 3.95. The van der Waals surface area contributed by atoms with E-state index in [4.69, 9.17) is 16.3 Å². The number of ether oxygens (including phenoxy) is 1. The molecule has 1 fully saturated rings. The number of nitrogens with zero attached hydrogens (tertiary/aromatic N) is 1. The molecule has 6 nitrogen and oxygen atoms in total. The van der Waals surface area contributed by atoms with Crippen molar-refractivity contribution < 1.29 is 19.4 Å². The van der Waals surface area contributed by atoms with Crippen LogP contribution in [0.15, 0.2) is 30.4 Å². The van der Waals surface area contributed by atoms with E-state index in [0.29, 0.717) is 17.4 Å². The zero-order valence-electron chi connectivity index (χ0n) is 14.5. The first-order valence-corrected chi connectivity index (χ1v) is 9.26. The number of aliphatic carboxylic acids is 1. The van der Waals surface area contributed by atoms with Gasteiger partial charge in [-0.1, -0.05) is 29.8 Å². The monoisotopic (exact) mass is 378 g/mol. The molecule has 3 heterocycles. The van der Waals surface area contributed by atoms with Crippen molar-refractivity contribution in [2.45, 2.75) is 37.8 Å². The molecular formula is C19H23ClN2O4. The SMILES string of the molecule is O=C1N[C@H](C(=O)O)Cc2ccc(c(Cl)c2)OC/C=C\CCN2CCCC12. The molecule has 140 valence electrons. The molecule has 1 aromatic carbocycles. The second-order valence-corrected chi connectivity index (χ2v) is 7.04. The quantitative estimate of drug-likeness (QED) is 0.733.